The van der Waals surface area contributed by atoms with E-state index in [-0.39, 0.29) is 22.8 Å². The van der Waals surface area contributed by atoms with Crippen molar-refractivity contribution >= 4 is 39.4 Å². The molecule has 0 aliphatic carbocycles. The van der Waals surface area contributed by atoms with Crippen molar-refractivity contribution in [3.63, 3.8) is 0 Å². The van der Waals surface area contributed by atoms with Crippen molar-refractivity contribution in [2.75, 3.05) is 18.6 Å². The second-order valence-corrected chi connectivity index (χ2v) is 6.90. The molecule has 0 N–H and O–H groups in total. The summed E-state index contributed by atoms with van der Waals surface area (Å²) in [6.07, 6.45) is 1.75. The number of hydrogen-bond acceptors (Lipinski definition) is 5. The first-order valence-corrected chi connectivity index (χ1v) is 8.27. The van der Waals surface area contributed by atoms with Crippen LogP contribution in [-0.2, 0) is 20.4 Å². The number of esters is 1. The Kier molecular flexibility index (Phi) is 4.80. The van der Waals surface area contributed by atoms with E-state index in [2.05, 4.69) is 0 Å². The molecule has 0 bridgehead atoms. The number of hydrogen-bond donors (Lipinski definition) is 0. The van der Waals surface area contributed by atoms with E-state index in [1.165, 1.54) is 19.1 Å². The zero-order chi connectivity index (χ0) is 15.6. The highest BCUT2D eigenvalue weighted by atomic mass is 35.5. The molecule has 1 atom stereocenters. The van der Waals surface area contributed by atoms with Gasteiger partial charge in [0, 0.05) is 34.3 Å². The van der Waals surface area contributed by atoms with Crippen molar-refractivity contribution < 1.29 is 19.1 Å². The van der Waals surface area contributed by atoms with Gasteiger partial charge in [-0.15, -0.1) is 0 Å². The molecule has 0 spiro atoms. The first-order chi connectivity index (χ1) is 9.90. The largest absolute Gasteiger partial charge is 0.868 e. The van der Waals surface area contributed by atoms with Crippen LogP contribution in [0.3, 0.4) is 0 Å². The molecule has 112 valence electrons. The third kappa shape index (κ3) is 3.51. The van der Waals surface area contributed by atoms with Crippen molar-refractivity contribution in [2.45, 2.75) is 11.8 Å². The number of ether oxygens (including phenoxy) is 1. The van der Waals surface area contributed by atoms with Gasteiger partial charge in [-0.1, -0.05) is 17.7 Å². The minimum Gasteiger partial charge on any atom is -0.868 e. The van der Waals surface area contributed by atoms with Crippen LogP contribution in [0.4, 0.5) is 0 Å². The van der Waals surface area contributed by atoms with Gasteiger partial charge in [0.05, 0.1) is 0 Å². The van der Waals surface area contributed by atoms with E-state index in [1.54, 1.807) is 12.3 Å². The second-order valence-electron chi connectivity index (χ2n) is 4.37. The Bertz CT molecular complexity index is 740. The van der Waals surface area contributed by atoms with Gasteiger partial charge in [0.2, 0.25) is 4.90 Å². The van der Waals surface area contributed by atoms with Crippen molar-refractivity contribution in [3.05, 3.63) is 33.6 Å². The first kappa shape index (κ1) is 15.7. The lowest BCUT2D eigenvalue weighted by molar-refractivity contribution is -0.270. The maximum atomic E-state index is 12.4. The normalized spacial score (nSPS) is 12.3. The van der Waals surface area contributed by atoms with Gasteiger partial charge in [-0.2, -0.15) is 0 Å². The van der Waals surface area contributed by atoms with E-state index in [9.17, 15) is 14.7 Å². The fourth-order valence-corrected chi connectivity index (χ4v) is 3.29. The van der Waals surface area contributed by atoms with Crippen molar-refractivity contribution in [1.29, 1.82) is 0 Å². The molecule has 0 radical (unpaired) electrons. The summed E-state index contributed by atoms with van der Waals surface area (Å²) in [5, 5.41) is 13.1. The van der Waals surface area contributed by atoms with Crippen molar-refractivity contribution in [3.8, 4) is 5.75 Å². The number of halogens is 1. The summed E-state index contributed by atoms with van der Waals surface area (Å²) in [5.41, 5.74) is -0.485. The fourth-order valence-electron chi connectivity index (χ4n) is 1.84. The summed E-state index contributed by atoms with van der Waals surface area (Å²) in [4.78, 5) is 22.8. The Hall–Kier alpha value is -1.66. The molecular formula is C14H13ClO5S. The van der Waals surface area contributed by atoms with E-state index < -0.39 is 22.5 Å². The van der Waals surface area contributed by atoms with E-state index in [0.717, 1.165) is 0 Å². The van der Waals surface area contributed by atoms with Crippen molar-refractivity contribution in [1.82, 2.24) is 0 Å². The predicted molar refractivity (Wildman–Crippen MR) is 80.0 cm³/mol. The van der Waals surface area contributed by atoms with E-state index >= 15 is 0 Å². The van der Waals surface area contributed by atoms with Gasteiger partial charge in [-0.3, -0.25) is 4.79 Å². The number of rotatable bonds is 4. The molecule has 1 aromatic heterocycles. The molecule has 1 unspecified atom stereocenters. The highest BCUT2D eigenvalue weighted by Crippen LogP contribution is 2.29. The van der Waals surface area contributed by atoms with Crippen LogP contribution in [0.2, 0.25) is 5.02 Å². The van der Waals surface area contributed by atoms with Crippen LogP contribution in [-0.4, -0.2) is 24.6 Å². The highest BCUT2D eigenvalue weighted by molar-refractivity contribution is 7.96. The molecule has 0 aliphatic heterocycles. The third-order valence-electron chi connectivity index (χ3n) is 2.83. The van der Waals surface area contributed by atoms with Gasteiger partial charge in [-0.05, 0) is 11.8 Å². The minimum absolute atomic E-state index is 0.0944. The Balaban J connectivity index is 2.37. The molecule has 0 fully saturated rings. The Labute approximate surface area is 128 Å². The number of carbonyl (C=O) groups excluding carboxylic acids is 1. The molecule has 0 saturated carbocycles. The molecule has 2 aromatic rings. The van der Waals surface area contributed by atoms with Gasteiger partial charge in [0.25, 0.3) is 0 Å². The van der Waals surface area contributed by atoms with Crippen LogP contribution < -0.4 is 10.7 Å². The minimum atomic E-state index is -0.663. The van der Waals surface area contributed by atoms with Gasteiger partial charge in [-0.25, -0.2) is 4.79 Å². The Morgan fingerprint density at radius 3 is 2.86 bits per heavy atom. The summed E-state index contributed by atoms with van der Waals surface area (Å²) in [6.45, 7) is 1.47. The number of benzene rings is 1. The summed E-state index contributed by atoms with van der Waals surface area (Å²) >= 11 is 5.81. The monoisotopic (exact) mass is 328 g/mol. The lowest BCUT2D eigenvalue weighted by atomic mass is 10.2. The molecule has 1 aromatic carbocycles. The summed E-state index contributed by atoms with van der Waals surface area (Å²) in [6, 6.07) is 4.55. The maximum Gasteiger partial charge on any atom is 0.391 e. The summed E-state index contributed by atoms with van der Waals surface area (Å²) in [5.74, 6) is -0.348. The van der Waals surface area contributed by atoms with Crippen molar-refractivity contribution in [2.24, 2.45) is 0 Å². The topological polar surface area (TPSA) is 79.6 Å². The zero-order valence-corrected chi connectivity index (χ0v) is 13.0. The smallest absolute Gasteiger partial charge is 0.391 e. The highest BCUT2D eigenvalue weighted by Gasteiger charge is 2.24. The molecular weight excluding hydrogens is 316 g/mol. The van der Waals surface area contributed by atoms with Gasteiger partial charge in [0.1, 0.15) is 24.2 Å². The van der Waals surface area contributed by atoms with E-state index in [4.69, 9.17) is 20.8 Å². The lowest BCUT2D eigenvalue weighted by Crippen LogP contribution is -2.22. The molecule has 0 aliphatic rings. The molecule has 1 heterocycles. The van der Waals surface area contributed by atoms with Crippen LogP contribution in [0.5, 0.6) is 5.75 Å². The number of carbonyl (C=O) groups is 1. The standard InChI is InChI=1S/C14H13ClO5S/c1-8(16)19-5-6-21(2)13-12(17)10-4-3-9(15)7-11(10)20-14(13)18/h3-4,7H,5-6H2,1-2H3. The zero-order valence-electron chi connectivity index (χ0n) is 11.5. The summed E-state index contributed by atoms with van der Waals surface area (Å²) < 4.78 is 10.00. The lowest BCUT2D eigenvalue weighted by Gasteiger charge is -2.13. The molecule has 21 heavy (non-hydrogen) atoms. The quantitative estimate of drug-likeness (QED) is 0.485. The van der Waals surface area contributed by atoms with Crippen LogP contribution in [0.1, 0.15) is 6.92 Å². The predicted octanol–water partition coefficient (Wildman–Crippen LogP) is 1.69. The maximum absolute atomic E-state index is 12.4. The third-order valence-corrected chi connectivity index (χ3v) is 4.89. The Morgan fingerprint density at radius 1 is 1.48 bits per heavy atom. The summed E-state index contributed by atoms with van der Waals surface area (Å²) in [7, 11) is -0.663. The van der Waals surface area contributed by atoms with E-state index in [0.29, 0.717) is 16.2 Å². The van der Waals surface area contributed by atoms with Gasteiger partial charge < -0.3 is 14.3 Å². The molecule has 2 rings (SSSR count). The van der Waals surface area contributed by atoms with E-state index in [1.807, 2.05) is 0 Å². The average molecular weight is 329 g/mol. The first-order valence-electron chi connectivity index (χ1n) is 6.09. The second kappa shape index (κ2) is 6.41. The molecule has 7 heteroatoms. The molecule has 0 saturated heterocycles. The van der Waals surface area contributed by atoms with Gasteiger partial charge in [0.15, 0.2) is 0 Å². The average Bonchev–Trinajstić information content (AvgIpc) is 2.37. The van der Waals surface area contributed by atoms with Crippen LogP contribution in [0, 0.1) is 0 Å². The van der Waals surface area contributed by atoms with Gasteiger partial charge >= 0.3 is 11.6 Å². The Morgan fingerprint density at radius 2 is 2.19 bits per heavy atom. The van der Waals surface area contributed by atoms with Crippen LogP contribution >= 0.6 is 11.6 Å². The molecule has 5 nitrogen and oxygen atoms in total. The van der Waals surface area contributed by atoms with Crippen LogP contribution in [0.15, 0.2) is 32.3 Å². The fraction of sp³-hybridized carbons (Fsp3) is 0.286. The SMILES string of the molecule is CC(=O)OCC[S+](C)c1c([O-])c2ccc(Cl)cc2oc1=O. The molecule has 0 amide bonds. The van der Waals surface area contributed by atoms with Crippen LogP contribution in [0.25, 0.3) is 11.0 Å². The number of fused-ring (bicyclic) bond motifs is 1.